The van der Waals surface area contributed by atoms with E-state index < -0.39 is 0 Å². The zero-order chi connectivity index (χ0) is 17.5. The second-order valence-electron chi connectivity index (χ2n) is 7.72. The van der Waals surface area contributed by atoms with Gasteiger partial charge in [0.2, 0.25) is 0 Å². The lowest BCUT2D eigenvalue weighted by atomic mass is 9.85. The molecule has 1 heterocycles. The quantitative estimate of drug-likeness (QED) is 0.862. The maximum absolute atomic E-state index is 10.8. The number of phenolic OH excluding ortho intramolecular Hbond substituents is 1. The highest BCUT2D eigenvalue weighted by atomic mass is 16.5. The molecule has 3 heteroatoms. The van der Waals surface area contributed by atoms with Crippen LogP contribution in [0.3, 0.4) is 0 Å². The summed E-state index contributed by atoms with van der Waals surface area (Å²) in [4.78, 5) is 2.19. The Morgan fingerprint density at radius 2 is 1.67 bits per heavy atom. The summed E-state index contributed by atoms with van der Waals surface area (Å²) in [7, 11) is 2.06. The Morgan fingerprint density at radius 1 is 1.00 bits per heavy atom. The molecule has 0 spiro atoms. The van der Waals surface area contributed by atoms with Gasteiger partial charge in [0.1, 0.15) is 18.1 Å². The Balaban J connectivity index is 1.97. The molecule has 2 aromatic rings. The third-order valence-corrected chi connectivity index (χ3v) is 5.00. The number of nitrogens with zero attached hydrogens (tertiary/aromatic N) is 1. The van der Waals surface area contributed by atoms with Crippen molar-refractivity contribution < 1.29 is 9.84 Å². The van der Waals surface area contributed by atoms with E-state index in [4.69, 9.17) is 4.74 Å². The molecule has 1 N–H and O–H groups in total. The number of likely N-dealkylation sites (N-methyl/N-ethyl adjacent to an activating group) is 1. The van der Waals surface area contributed by atoms with E-state index in [0.29, 0.717) is 5.75 Å². The number of phenols is 1. The molecule has 2 aromatic carbocycles. The number of benzene rings is 2. The molecule has 128 valence electrons. The minimum absolute atomic E-state index is 0.00103. The van der Waals surface area contributed by atoms with Gasteiger partial charge in [0, 0.05) is 11.6 Å². The Morgan fingerprint density at radius 3 is 2.29 bits per heavy atom. The monoisotopic (exact) mass is 325 g/mol. The van der Waals surface area contributed by atoms with Crippen LogP contribution in [-0.4, -0.2) is 23.1 Å². The van der Waals surface area contributed by atoms with Crippen molar-refractivity contribution >= 4 is 0 Å². The van der Waals surface area contributed by atoms with Gasteiger partial charge in [-0.2, -0.15) is 0 Å². The number of hydrogen-bond donors (Lipinski definition) is 1. The molecule has 0 unspecified atom stereocenters. The van der Waals surface area contributed by atoms with Crippen molar-refractivity contribution in [2.75, 3.05) is 7.05 Å². The fourth-order valence-corrected chi connectivity index (χ4v) is 3.43. The predicted octanol–water partition coefficient (Wildman–Crippen LogP) is 4.78. The minimum atomic E-state index is -0.243. The summed E-state index contributed by atoms with van der Waals surface area (Å²) >= 11 is 0. The average Bonchev–Trinajstić information content (AvgIpc) is 2.83. The maximum Gasteiger partial charge on any atom is 0.141 e. The third kappa shape index (κ3) is 2.94. The number of aromatic hydroxyl groups is 1. The second kappa shape index (κ2) is 6.23. The third-order valence-electron chi connectivity index (χ3n) is 5.00. The molecule has 0 aliphatic carbocycles. The van der Waals surface area contributed by atoms with E-state index in [9.17, 15) is 5.11 Å². The van der Waals surface area contributed by atoms with Crippen LogP contribution in [0.5, 0.6) is 5.75 Å². The molecule has 0 radical (unpaired) electrons. The van der Waals surface area contributed by atoms with Crippen LogP contribution < -0.4 is 0 Å². The highest BCUT2D eigenvalue weighted by Crippen LogP contribution is 2.45. The lowest BCUT2D eigenvalue weighted by Crippen LogP contribution is -2.27. The fraction of sp³-hybridized carbons (Fsp3) is 0.429. The van der Waals surface area contributed by atoms with Crippen molar-refractivity contribution in [1.29, 1.82) is 0 Å². The summed E-state index contributed by atoms with van der Waals surface area (Å²) in [5, 5.41) is 10.8. The largest absolute Gasteiger partial charge is 0.507 e. The highest BCUT2D eigenvalue weighted by Gasteiger charge is 2.40. The Labute approximate surface area is 144 Å². The molecule has 1 aliphatic heterocycles. The second-order valence-corrected chi connectivity index (χ2v) is 7.72. The highest BCUT2D eigenvalue weighted by molar-refractivity contribution is 5.45. The summed E-state index contributed by atoms with van der Waals surface area (Å²) in [6, 6.07) is 16.5. The molecule has 0 aromatic heterocycles. The first-order chi connectivity index (χ1) is 11.3. The lowest BCUT2D eigenvalue weighted by molar-refractivity contribution is 0.00405. The molecule has 3 atom stereocenters. The predicted molar refractivity (Wildman–Crippen MR) is 97.0 cm³/mol. The number of hydrogen-bond acceptors (Lipinski definition) is 3. The van der Waals surface area contributed by atoms with Crippen LogP contribution in [0.1, 0.15) is 56.7 Å². The SMILES string of the molecule is C[C@H]1[C@@H](c2ccccc2)O[C@H](c2cccc(C(C)(C)C)c2O)N1C. The van der Waals surface area contributed by atoms with E-state index in [1.165, 1.54) is 5.56 Å². The van der Waals surface area contributed by atoms with E-state index >= 15 is 0 Å². The fourth-order valence-electron chi connectivity index (χ4n) is 3.43. The van der Waals surface area contributed by atoms with E-state index in [1.807, 2.05) is 36.4 Å². The van der Waals surface area contributed by atoms with Gasteiger partial charge in [-0.25, -0.2) is 0 Å². The maximum atomic E-state index is 10.8. The smallest absolute Gasteiger partial charge is 0.141 e. The zero-order valence-electron chi connectivity index (χ0n) is 15.2. The standard InChI is InChI=1S/C21H27NO2/c1-14-19(15-10-7-6-8-11-15)24-20(22(14)5)16-12-9-13-17(18(16)23)21(2,3)4/h6-14,19-20,23H,1-5H3/t14-,19-,20+/m0/s1. The van der Waals surface area contributed by atoms with Crippen LogP contribution in [0.15, 0.2) is 48.5 Å². The van der Waals surface area contributed by atoms with Gasteiger partial charge in [-0.3, -0.25) is 4.90 Å². The van der Waals surface area contributed by atoms with Gasteiger partial charge in [0.05, 0.1) is 0 Å². The summed E-state index contributed by atoms with van der Waals surface area (Å²) in [6.07, 6.45) is -0.244. The van der Waals surface area contributed by atoms with Gasteiger partial charge in [0.15, 0.2) is 0 Å². The van der Waals surface area contributed by atoms with E-state index in [0.717, 1.165) is 11.1 Å². The molecule has 3 rings (SSSR count). The van der Waals surface area contributed by atoms with Gasteiger partial charge in [0.25, 0.3) is 0 Å². The van der Waals surface area contributed by atoms with Crippen molar-refractivity contribution in [2.24, 2.45) is 0 Å². The number of ether oxygens (including phenoxy) is 1. The lowest BCUT2D eigenvalue weighted by Gasteiger charge is -2.26. The molecule has 24 heavy (non-hydrogen) atoms. The van der Waals surface area contributed by atoms with Crippen molar-refractivity contribution in [1.82, 2.24) is 4.90 Å². The van der Waals surface area contributed by atoms with Crippen molar-refractivity contribution in [3.05, 3.63) is 65.2 Å². The van der Waals surface area contributed by atoms with Crippen molar-refractivity contribution in [2.45, 2.75) is 51.5 Å². The van der Waals surface area contributed by atoms with Crippen LogP contribution in [0, 0.1) is 0 Å². The van der Waals surface area contributed by atoms with Crippen molar-refractivity contribution in [3.63, 3.8) is 0 Å². The molecule has 1 saturated heterocycles. The molecule has 1 aliphatic rings. The first-order valence-corrected chi connectivity index (χ1v) is 8.55. The van der Waals surface area contributed by atoms with Gasteiger partial charge >= 0.3 is 0 Å². The number of para-hydroxylation sites is 1. The molecule has 3 nitrogen and oxygen atoms in total. The molecular weight excluding hydrogens is 298 g/mol. The topological polar surface area (TPSA) is 32.7 Å². The normalized spacial score (nSPS) is 25.1. The van der Waals surface area contributed by atoms with Crippen LogP contribution in [-0.2, 0) is 10.2 Å². The Bertz CT molecular complexity index is 706. The molecule has 0 amide bonds. The van der Waals surface area contributed by atoms with Gasteiger partial charge in [-0.05, 0) is 30.5 Å². The molecule has 0 saturated carbocycles. The Hall–Kier alpha value is -1.84. The van der Waals surface area contributed by atoms with E-state index in [-0.39, 0.29) is 23.8 Å². The minimum Gasteiger partial charge on any atom is -0.507 e. The van der Waals surface area contributed by atoms with Gasteiger partial charge in [-0.1, -0.05) is 69.3 Å². The summed E-state index contributed by atoms with van der Waals surface area (Å²) in [5.41, 5.74) is 2.86. The first kappa shape index (κ1) is 17.0. The van der Waals surface area contributed by atoms with E-state index in [1.54, 1.807) is 0 Å². The van der Waals surface area contributed by atoms with Gasteiger partial charge < -0.3 is 9.84 Å². The summed E-state index contributed by atoms with van der Waals surface area (Å²) < 4.78 is 6.37. The molecule has 0 bridgehead atoms. The summed E-state index contributed by atoms with van der Waals surface area (Å²) in [5.74, 6) is 0.350. The van der Waals surface area contributed by atoms with E-state index in [2.05, 4.69) is 51.8 Å². The average molecular weight is 325 g/mol. The van der Waals surface area contributed by atoms with Crippen LogP contribution in [0.2, 0.25) is 0 Å². The molecular formula is C21H27NO2. The zero-order valence-corrected chi connectivity index (χ0v) is 15.2. The van der Waals surface area contributed by atoms with Crippen LogP contribution in [0.25, 0.3) is 0 Å². The van der Waals surface area contributed by atoms with Gasteiger partial charge in [-0.15, -0.1) is 0 Å². The molecule has 1 fully saturated rings. The Kier molecular flexibility index (Phi) is 4.41. The van der Waals surface area contributed by atoms with Crippen LogP contribution in [0.4, 0.5) is 0 Å². The van der Waals surface area contributed by atoms with Crippen LogP contribution >= 0.6 is 0 Å². The number of rotatable bonds is 2. The summed E-state index contributed by atoms with van der Waals surface area (Å²) in [6.45, 7) is 8.50. The van der Waals surface area contributed by atoms with Crippen molar-refractivity contribution in [3.8, 4) is 5.75 Å². The first-order valence-electron chi connectivity index (χ1n) is 8.55.